The van der Waals surface area contributed by atoms with Crippen LogP contribution in [-0.2, 0) is 0 Å². The second-order valence-electron chi connectivity index (χ2n) is 6.98. The molecule has 0 aliphatic heterocycles. The molecule has 1 rings (SSSR count). The Bertz CT molecular complexity index is 203. The summed E-state index contributed by atoms with van der Waals surface area (Å²) in [5.74, 6) is 0. The van der Waals surface area contributed by atoms with Gasteiger partial charge in [0.15, 0.2) is 0 Å². The first kappa shape index (κ1) is 13.0. The number of hydrogen-bond acceptors (Lipinski definition) is 2. The van der Waals surface area contributed by atoms with Crippen molar-refractivity contribution >= 4 is 0 Å². The summed E-state index contributed by atoms with van der Waals surface area (Å²) < 4.78 is 0. The van der Waals surface area contributed by atoms with E-state index in [0.29, 0.717) is 11.5 Å². The van der Waals surface area contributed by atoms with Crippen LogP contribution in [0.3, 0.4) is 0 Å². The molecule has 2 nitrogen and oxygen atoms in total. The fraction of sp³-hybridized carbons (Fsp3) is 1.00. The van der Waals surface area contributed by atoms with E-state index in [9.17, 15) is 0 Å². The molecule has 2 unspecified atom stereocenters. The van der Waals surface area contributed by atoms with Crippen LogP contribution < -0.4 is 11.1 Å². The molecule has 1 fully saturated rings. The fourth-order valence-electron chi connectivity index (χ4n) is 2.21. The second-order valence-corrected chi connectivity index (χ2v) is 6.98. The van der Waals surface area contributed by atoms with Gasteiger partial charge in [-0.2, -0.15) is 0 Å². The van der Waals surface area contributed by atoms with Crippen LogP contribution in [-0.4, -0.2) is 18.6 Å². The normalized spacial score (nSPS) is 28.0. The van der Waals surface area contributed by atoms with Crippen LogP contribution in [0.25, 0.3) is 0 Å². The summed E-state index contributed by atoms with van der Waals surface area (Å²) in [7, 11) is 0. The third-order valence-electron chi connectivity index (χ3n) is 3.71. The highest BCUT2D eigenvalue weighted by atomic mass is 15.0. The maximum absolute atomic E-state index is 6.13. The molecule has 0 heterocycles. The number of rotatable bonds is 3. The summed E-state index contributed by atoms with van der Waals surface area (Å²) in [6.07, 6.45) is 3.95. The molecule has 0 amide bonds. The van der Waals surface area contributed by atoms with E-state index in [0.717, 1.165) is 6.54 Å². The summed E-state index contributed by atoms with van der Waals surface area (Å²) in [6, 6.07) is 0.939. The number of nitrogens with one attached hydrogen (secondary N) is 1. The average molecular weight is 212 g/mol. The molecule has 90 valence electrons. The highest BCUT2D eigenvalue weighted by Gasteiger charge is 2.31. The van der Waals surface area contributed by atoms with Crippen LogP contribution in [0.15, 0.2) is 0 Å². The van der Waals surface area contributed by atoms with Gasteiger partial charge in [0.05, 0.1) is 0 Å². The van der Waals surface area contributed by atoms with E-state index in [-0.39, 0.29) is 11.5 Å². The minimum absolute atomic E-state index is 0.209. The zero-order chi connectivity index (χ0) is 11.7. The average Bonchev–Trinajstić information content (AvgIpc) is 2.39. The van der Waals surface area contributed by atoms with Crippen LogP contribution in [0.4, 0.5) is 0 Å². The summed E-state index contributed by atoms with van der Waals surface area (Å²) in [5.41, 5.74) is 6.87. The van der Waals surface area contributed by atoms with Gasteiger partial charge >= 0.3 is 0 Å². The summed E-state index contributed by atoms with van der Waals surface area (Å²) >= 11 is 0. The Hall–Kier alpha value is -0.0800. The lowest BCUT2D eigenvalue weighted by Gasteiger charge is -2.28. The third-order valence-corrected chi connectivity index (χ3v) is 3.71. The molecule has 2 atom stereocenters. The van der Waals surface area contributed by atoms with Gasteiger partial charge in [0, 0.05) is 18.6 Å². The Morgan fingerprint density at radius 2 is 2.00 bits per heavy atom. The van der Waals surface area contributed by atoms with Crippen molar-refractivity contribution in [3.63, 3.8) is 0 Å². The van der Waals surface area contributed by atoms with Gasteiger partial charge in [0.2, 0.25) is 0 Å². The molecule has 0 spiro atoms. The van der Waals surface area contributed by atoms with E-state index in [2.05, 4.69) is 39.9 Å². The van der Waals surface area contributed by atoms with Crippen molar-refractivity contribution in [2.75, 3.05) is 6.54 Å². The fourth-order valence-corrected chi connectivity index (χ4v) is 2.21. The predicted octanol–water partition coefficient (Wildman–Crippen LogP) is 2.53. The Labute approximate surface area is 95.0 Å². The van der Waals surface area contributed by atoms with Gasteiger partial charge in [-0.25, -0.2) is 0 Å². The van der Waals surface area contributed by atoms with Crippen molar-refractivity contribution in [1.82, 2.24) is 5.32 Å². The van der Waals surface area contributed by atoms with Gasteiger partial charge in [-0.15, -0.1) is 0 Å². The van der Waals surface area contributed by atoms with Gasteiger partial charge in [0.1, 0.15) is 0 Å². The van der Waals surface area contributed by atoms with Crippen LogP contribution in [0.5, 0.6) is 0 Å². The molecule has 0 aromatic rings. The molecular formula is C13H28N2. The molecular weight excluding hydrogens is 184 g/mol. The van der Waals surface area contributed by atoms with Crippen LogP contribution >= 0.6 is 0 Å². The van der Waals surface area contributed by atoms with Gasteiger partial charge in [0.25, 0.3) is 0 Å². The first-order valence-corrected chi connectivity index (χ1v) is 6.20. The highest BCUT2D eigenvalue weighted by Crippen LogP contribution is 2.36. The molecule has 1 aliphatic rings. The molecule has 1 saturated carbocycles. The lowest BCUT2D eigenvalue weighted by atomic mass is 9.87. The molecule has 0 bridgehead atoms. The number of hydrogen-bond donors (Lipinski definition) is 2. The number of nitrogens with two attached hydrogens (primary N) is 1. The van der Waals surface area contributed by atoms with E-state index in [1.165, 1.54) is 19.3 Å². The summed E-state index contributed by atoms with van der Waals surface area (Å²) in [4.78, 5) is 0. The molecule has 3 N–H and O–H groups in total. The van der Waals surface area contributed by atoms with Gasteiger partial charge < -0.3 is 11.1 Å². The maximum Gasteiger partial charge on any atom is 0.0214 e. The molecule has 1 aliphatic carbocycles. The topological polar surface area (TPSA) is 38.0 Å². The van der Waals surface area contributed by atoms with E-state index >= 15 is 0 Å². The maximum atomic E-state index is 6.13. The third kappa shape index (κ3) is 4.12. The molecule has 0 saturated heterocycles. The summed E-state index contributed by atoms with van der Waals surface area (Å²) in [5, 5.41) is 3.62. The smallest absolute Gasteiger partial charge is 0.0214 e. The van der Waals surface area contributed by atoms with Gasteiger partial charge in [-0.3, -0.25) is 0 Å². The Morgan fingerprint density at radius 3 is 2.40 bits per heavy atom. The highest BCUT2D eigenvalue weighted by molar-refractivity contribution is 4.88. The quantitative estimate of drug-likeness (QED) is 0.754. The van der Waals surface area contributed by atoms with Gasteiger partial charge in [-0.1, -0.05) is 34.6 Å². The zero-order valence-corrected chi connectivity index (χ0v) is 11.1. The van der Waals surface area contributed by atoms with Crippen molar-refractivity contribution in [2.24, 2.45) is 16.6 Å². The molecule has 2 heteroatoms. The van der Waals surface area contributed by atoms with Crippen molar-refractivity contribution in [1.29, 1.82) is 0 Å². The molecule has 15 heavy (non-hydrogen) atoms. The molecule has 0 aromatic carbocycles. The van der Waals surface area contributed by atoms with Crippen LogP contribution in [0, 0.1) is 10.8 Å². The Balaban J connectivity index is 2.27. The zero-order valence-electron chi connectivity index (χ0n) is 11.1. The minimum Gasteiger partial charge on any atom is -0.326 e. The van der Waals surface area contributed by atoms with Crippen LogP contribution in [0.1, 0.15) is 53.9 Å². The largest absolute Gasteiger partial charge is 0.326 e. The standard InChI is InChI=1S/C13H28N2/c1-12(2,3)11(14)9-15-10-6-7-13(4,5)8-10/h10-11,15H,6-9,14H2,1-5H3. The Kier molecular flexibility index (Phi) is 3.83. The lowest BCUT2D eigenvalue weighted by Crippen LogP contribution is -2.46. The van der Waals surface area contributed by atoms with E-state index in [4.69, 9.17) is 5.73 Å². The summed E-state index contributed by atoms with van der Waals surface area (Å²) in [6.45, 7) is 12.3. The van der Waals surface area contributed by atoms with E-state index in [1.54, 1.807) is 0 Å². The van der Waals surface area contributed by atoms with Crippen molar-refractivity contribution in [3.8, 4) is 0 Å². The predicted molar refractivity (Wildman–Crippen MR) is 66.9 cm³/mol. The van der Waals surface area contributed by atoms with E-state index in [1.807, 2.05) is 0 Å². The SMILES string of the molecule is CC1(C)CCC(NCC(N)C(C)(C)C)C1. The first-order chi connectivity index (χ1) is 6.71. The van der Waals surface area contributed by atoms with Gasteiger partial charge in [-0.05, 0) is 30.1 Å². The first-order valence-electron chi connectivity index (χ1n) is 6.20. The minimum atomic E-state index is 0.209. The molecule has 0 radical (unpaired) electrons. The van der Waals surface area contributed by atoms with E-state index < -0.39 is 0 Å². The Morgan fingerprint density at radius 1 is 1.40 bits per heavy atom. The lowest BCUT2D eigenvalue weighted by molar-refractivity contribution is 0.294. The second kappa shape index (κ2) is 4.42. The van der Waals surface area contributed by atoms with Crippen molar-refractivity contribution in [3.05, 3.63) is 0 Å². The van der Waals surface area contributed by atoms with Crippen molar-refractivity contribution in [2.45, 2.75) is 66.0 Å². The van der Waals surface area contributed by atoms with Crippen molar-refractivity contribution < 1.29 is 0 Å². The monoisotopic (exact) mass is 212 g/mol. The molecule has 0 aromatic heterocycles. The van der Waals surface area contributed by atoms with Crippen LogP contribution in [0.2, 0.25) is 0 Å².